The van der Waals surface area contributed by atoms with Crippen LogP contribution >= 0.6 is 0 Å². The van der Waals surface area contributed by atoms with E-state index >= 15 is 0 Å². The van der Waals surface area contributed by atoms with Crippen LogP contribution in [0.3, 0.4) is 0 Å². The van der Waals surface area contributed by atoms with Crippen LogP contribution in [-0.2, 0) is 0 Å². The third kappa shape index (κ3) is 2.59. The highest BCUT2D eigenvalue weighted by molar-refractivity contribution is 5.81. The monoisotopic (exact) mass is 278 g/mol. The fraction of sp³-hybridized carbons (Fsp3) is 0.0714. The maximum atomic E-state index is 12.1. The molecule has 1 heterocycles. The van der Waals surface area contributed by atoms with Crippen LogP contribution in [0.2, 0.25) is 0 Å². The summed E-state index contributed by atoms with van der Waals surface area (Å²) >= 11 is 0. The van der Waals surface area contributed by atoms with Gasteiger partial charge in [-0.15, -0.1) is 13.2 Å². The lowest BCUT2D eigenvalue weighted by Gasteiger charge is -2.09. The predicted molar refractivity (Wildman–Crippen MR) is 68.2 cm³/mol. The van der Waals surface area contributed by atoms with Crippen molar-refractivity contribution in [3.05, 3.63) is 48.8 Å². The van der Waals surface area contributed by atoms with Crippen molar-refractivity contribution in [1.29, 1.82) is 0 Å². The van der Waals surface area contributed by atoms with Crippen LogP contribution in [0.1, 0.15) is 0 Å². The van der Waals surface area contributed by atoms with Crippen molar-refractivity contribution in [2.75, 3.05) is 0 Å². The van der Waals surface area contributed by atoms with Gasteiger partial charge in [-0.3, -0.25) is 0 Å². The molecule has 0 atom stereocenters. The summed E-state index contributed by atoms with van der Waals surface area (Å²) in [5.74, 6) is -0.233. The molecule has 0 radical (unpaired) electrons. The van der Waals surface area contributed by atoms with E-state index in [4.69, 9.17) is 0 Å². The molecule has 0 aliphatic rings. The molecule has 0 saturated carbocycles. The fourth-order valence-corrected chi connectivity index (χ4v) is 1.96. The molecular weight excluding hydrogens is 269 g/mol. The molecule has 1 N–H and O–H groups in total. The topological polar surface area (TPSA) is 37.9 Å². The van der Waals surface area contributed by atoms with Crippen LogP contribution in [-0.4, -0.2) is 16.3 Å². The molecule has 102 valence electrons. The minimum absolute atomic E-state index is 0.233. The highest BCUT2D eigenvalue weighted by Crippen LogP contribution is 2.27. The zero-order valence-corrected chi connectivity index (χ0v) is 10.1. The zero-order valence-electron chi connectivity index (χ0n) is 10.1. The normalized spacial score (nSPS) is 11.8. The van der Waals surface area contributed by atoms with E-state index in [0.29, 0.717) is 0 Å². The van der Waals surface area contributed by atoms with Gasteiger partial charge in [0.05, 0.1) is 17.4 Å². The van der Waals surface area contributed by atoms with Crippen LogP contribution in [0.15, 0.2) is 48.8 Å². The Kier molecular flexibility index (Phi) is 2.85. The van der Waals surface area contributed by atoms with E-state index in [1.54, 1.807) is 18.5 Å². The van der Waals surface area contributed by atoms with E-state index in [1.807, 2.05) is 18.2 Å². The second-order valence-corrected chi connectivity index (χ2v) is 4.21. The molecule has 3 aromatic rings. The molecule has 0 spiro atoms. The highest BCUT2D eigenvalue weighted by atomic mass is 19.4. The van der Waals surface area contributed by atoms with E-state index in [1.165, 1.54) is 12.1 Å². The summed E-state index contributed by atoms with van der Waals surface area (Å²) in [6, 6.07) is 11.4. The maximum Gasteiger partial charge on any atom is 0.573 e. The first-order valence-electron chi connectivity index (χ1n) is 5.81. The Balaban J connectivity index is 1.90. The number of rotatable bonds is 2. The van der Waals surface area contributed by atoms with E-state index in [2.05, 4.69) is 14.7 Å². The molecule has 20 heavy (non-hydrogen) atoms. The number of hydrogen-bond acceptors (Lipinski definition) is 2. The number of imidazole rings is 1. The minimum atomic E-state index is -4.67. The molecule has 0 aliphatic heterocycles. The summed E-state index contributed by atoms with van der Waals surface area (Å²) in [6.07, 6.45) is -3.08. The molecular formula is C14H9F3N2O. The van der Waals surface area contributed by atoms with Crippen molar-refractivity contribution in [1.82, 2.24) is 9.97 Å². The summed E-state index contributed by atoms with van der Waals surface area (Å²) < 4.78 is 40.0. The molecule has 2 aromatic carbocycles. The van der Waals surface area contributed by atoms with Crippen LogP contribution in [0.4, 0.5) is 13.2 Å². The number of aromatic nitrogens is 2. The standard InChI is InChI=1S/C14H9F3N2O/c15-14(16,17)20-11-4-1-9(2-5-11)10-3-6-12-13(7-10)19-8-18-12/h1-8H,(H,18,19). The third-order valence-electron chi connectivity index (χ3n) is 2.84. The lowest BCUT2D eigenvalue weighted by molar-refractivity contribution is -0.274. The van der Waals surface area contributed by atoms with Crippen LogP contribution in [0.25, 0.3) is 22.2 Å². The number of nitrogens with one attached hydrogen (secondary N) is 1. The first kappa shape index (κ1) is 12.5. The number of hydrogen-bond donors (Lipinski definition) is 1. The number of ether oxygens (including phenoxy) is 1. The van der Waals surface area contributed by atoms with Crippen LogP contribution < -0.4 is 4.74 Å². The number of nitrogens with zero attached hydrogens (tertiary/aromatic N) is 1. The van der Waals surface area contributed by atoms with Gasteiger partial charge in [-0.25, -0.2) is 4.98 Å². The van der Waals surface area contributed by atoms with Crippen LogP contribution in [0, 0.1) is 0 Å². The Morgan fingerprint density at radius 1 is 0.950 bits per heavy atom. The van der Waals surface area contributed by atoms with Gasteiger partial charge in [-0.05, 0) is 35.4 Å². The number of halogens is 3. The number of fused-ring (bicyclic) bond motifs is 1. The Hall–Kier alpha value is -2.50. The number of H-pyrrole nitrogens is 1. The molecule has 0 unspecified atom stereocenters. The van der Waals surface area contributed by atoms with Gasteiger partial charge >= 0.3 is 6.36 Å². The number of benzene rings is 2. The summed E-state index contributed by atoms with van der Waals surface area (Å²) in [7, 11) is 0. The van der Waals surface area contributed by atoms with Crippen molar-refractivity contribution >= 4 is 11.0 Å². The Bertz CT molecular complexity index is 732. The van der Waals surface area contributed by atoms with Crippen molar-refractivity contribution < 1.29 is 17.9 Å². The summed E-state index contributed by atoms with van der Waals surface area (Å²) in [5, 5.41) is 0. The van der Waals surface area contributed by atoms with Gasteiger partial charge in [0, 0.05) is 0 Å². The predicted octanol–water partition coefficient (Wildman–Crippen LogP) is 4.13. The molecule has 0 amide bonds. The van der Waals surface area contributed by atoms with Crippen LogP contribution in [0.5, 0.6) is 5.75 Å². The third-order valence-corrected chi connectivity index (χ3v) is 2.84. The molecule has 0 bridgehead atoms. The van der Waals surface area contributed by atoms with Gasteiger partial charge in [0.15, 0.2) is 0 Å². The molecule has 3 nitrogen and oxygen atoms in total. The van der Waals surface area contributed by atoms with Crippen molar-refractivity contribution in [2.24, 2.45) is 0 Å². The Morgan fingerprint density at radius 2 is 1.65 bits per heavy atom. The second-order valence-electron chi connectivity index (χ2n) is 4.21. The van der Waals surface area contributed by atoms with E-state index < -0.39 is 6.36 Å². The first-order valence-corrected chi connectivity index (χ1v) is 5.81. The molecule has 0 saturated heterocycles. The van der Waals surface area contributed by atoms with Crippen molar-refractivity contribution in [3.63, 3.8) is 0 Å². The molecule has 6 heteroatoms. The van der Waals surface area contributed by atoms with Gasteiger partial charge in [0.25, 0.3) is 0 Å². The molecule has 0 aliphatic carbocycles. The van der Waals surface area contributed by atoms with Gasteiger partial charge in [-0.1, -0.05) is 18.2 Å². The highest BCUT2D eigenvalue weighted by Gasteiger charge is 2.30. The summed E-state index contributed by atoms with van der Waals surface area (Å²) in [4.78, 5) is 7.09. The molecule has 1 aromatic heterocycles. The average molecular weight is 278 g/mol. The van der Waals surface area contributed by atoms with Gasteiger partial charge in [-0.2, -0.15) is 0 Å². The first-order chi connectivity index (χ1) is 9.51. The number of alkyl halides is 3. The fourth-order valence-electron chi connectivity index (χ4n) is 1.96. The zero-order chi connectivity index (χ0) is 14.2. The Labute approximate surface area is 112 Å². The smallest absolute Gasteiger partial charge is 0.406 e. The largest absolute Gasteiger partial charge is 0.573 e. The van der Waals surface area contributed by atoms with Gasteiger partial charge < -0.3 is 9.72 Å². The maximum absolute atomic E-state index is 12.1. The number of aromatic amines is 1. The molecule has 0 fully saturated rings. The summed E-state index contributed by atoms with van der Waals surface area (Å²) in [6.45, 7) is 0. The van der Waals surface area contributed by atoms with Gasteiger partial charge in [0.2, 0.25) is 0 Å². The molecule has 3 rings (SSSR count). The SMILES string of the molecule is FC(F)(F)Oc1ccc(-c2ccc3nc[nH]c3c2)cc1. The van der Waals surface area contributed by atoms with Gasteiger partial charge in [0.1, 0.15) is 5.75 Å². The lowest BCUT2D eigenvalue weighted by Crippen LogP contribution is -2.16. The second kappa shape index (κ2) is 4.56. The van der Waals surface area contributed by atoms with E-state index in [9.17, 15) is 13.2 Å². The van der Waals surface area contributed by atoms with Crippen molar-refractivity contribution in [2.45, 2.75) is 6.36 Å². The summed E-state index contributed by atoms with van der Waals surface area (Å²) in [5.41, 5.74) is 3.40. The quantitative estimate of drug-likeness (QED) is 0.765. The van der Waals surface area contributed by atoms with Crippen molar-refractivity contribution in [3.8, 4) is 16.9 Å². The van der Waals surface area contributed by atoms with E-state index in [0.717, 1.165) is 22.2 Å². The minimum Gasteiger partial charge on any atom is -0.406 e. The van der Waals surface area contributed by atoms with E-state index in [-0.39, 0.29) is 5.75 Å². The lowest BCUT2D eigenvalue weighted by atomic mass is 10.1. The average Bonchev–Trinajstić information content (AvgIpc) is 2.85. The Morgan fingerprint density at radius 3 is 2.35 bits per heavy atom.